The number of carbonyl (C=O) groups excluding carboxylic acids is 3. The van der Waals surface area contributed by atoms with E-state index in [9.17, 15) is 14.4 Å². The van der Waals surface area contributed by atoms with Gasteiger partial charge in [0.2, 0.25) is 5.91 Å². The van der Waals surface area contributed by atoms with Crippen LogP contribution in [0.2, 0.25) is 0 Å². The molecule has 7 heteroatoms. The van der Waals surface area contributed by atoms with Crippen LogP contribution in [0, 0.1) is 0 Å². The van der Waals surface area contributed by atoms with Crippen molar-refractivity contribution in [1.29, 1.82) is 0 Å². The summed E-state index contributed by atoms with van der Waals surface area (Å²) in [7, 11) is 2.77. The Morgan fingerprint density at radius 2 is 1.96 bits per heavy atom. The third kappa shape index (κ3) is 4.14. The summed E-state index contributed by atoms with van der Waals surface area (Å²) in [5.41, 5.74) is 2.23. The van der Waals surface area contributed by atoms with Crippen molar-refractivity contribution in [3.8, 4) is 5.75 Å². The van der Waals surface area contributed by atoms with E-state index in [1.54, 1.807) is 41.3 Å². The number of nitrogens with zero attached hydrogens (tertiary/aromatic N) is 1. The summed E-state index contributed by atoms with van der Waals surface area (Å²) in [4.78, 5) is 38.0. The van der Waals surface area contributed by atoms with Crippen molar-refractivity contribution in [3.63, 3.8) is 0 Å². The molecular weight excluding hydrogens is 360 g/mol. The zero-order chi connectivity index (χ0) is 20.1. The molecule has 1 fully saturated rings. The molecule has 1 aliphatic rings. The van der Waals surface area contributed by atoms with Crippen LogP contribution < -0.4 is 15.0 Å². The maximum atomic E-state index is 12.5. The van der Waals surface area contributed by atoms with E-state index in [-0.39, 0.29) is 18.4 Å². The van der Waals surface area contributed by atoms with Crippen molar-refractivity contribution in [3.05, 3.63) is 59.2 Å². The number of esters is 1. The fourth-order valence-corrected chi connectivity index (χ4v) is 3.16. The lowest BCUT2D eigenvalue weighted by Gasteiger charge is -2.16. The summed E-state index contributed by atoms with van der Waals surface area (Å²) in [6, 6.07) is 12.1. The highest BCUT2D eigenvalue weighted by Gasteiger charge is 2.22. The van der Waals surface area contributed by atoms with Gasteiger partial charge in [-0.1, -0.05) is 12.1 Å². The molecule has 2 aromatic carbocycles. The topological polar surface area (TPSA) is 84.9 Å². The van der Waals surface area contributed by atoms with Crippen molar-refractivity contribution >= 4 is 23.5 Å². The van der Waals surface area contributed by atoms with Crippen LogP contribution in [0.1, 0.15) is 39.1 Å². The molecule has 0 spiro atoms. The number of carbonyl (C=O) groups is 3. The molecule has 7 nitrogen and oxygen atoms in total. The van der Waals surface area contributed by atoms with Gasteiger partial charge < -0.3 is 19.7 Å². The second-order valence-corrected chi connectivity index (χ2v) is 6.41. The van der Waals surface area contributed by atoms with E-state index in [2.05, 4.69) is 5.32 Å². The summed E-state index contributed by atoms with van der Waals surface area (Å²) in [5.74, 6) is -0.284. The molecule has 0 bridgehead atoms. The number of rotatable bonds is 6. The Morgan fingerprint density at radius 1 is 1.14 bits per heavy atom. The average Bonchev–Trinajstić information content (AvgIpc) is 3.17. The fraction of sp³-hybridized carbons (Fsp3) is 0.286. The van der Waals surface area contributed by atoms with E-state index in [0.29, 0.717) is 29.8 Å². The number of ether oxygens (including phenoxy) is 2. The van der Waals surface area contributed by atoms with Crippen LogP contribution in [0.5, 0.6) is 5.75 Å². The first kappa shape index (κ1) is 19.4. The average molecular weight is 382 g/mol. The second kappa shape index (κ2) is 8.56. The van der Waals surface area contributed by atoms with Crippen LogP contribution >= 0.6 is 0 Å². The minimum absolute atomic E-state index is 0.0751. The van der Waals surface area contributed by atoms with Crippen molar-refractivity contribution in [2.45, 2.75) is 19.4 Å². The molecule has 0 aromatic heterocycles. The Labute approximate surface area is 163 Å². The molecule has 0 aliphatic carbocycles. The minimum atomic E-state index is -0.506. The van der Waals surface area contributed by atoms with E-state index in [4.69, 9.17) is 9.47 Å². The van der Waals surface area contributed by atoms with Gasteiger partial charge in [0.25, 0.3) is 5.91 Å². The zero-order valence-electron chi connectivity index (χ0n) is 15.9. The summed E-state index contributed by atoms with van der Waals surface area (Å²) in [5, 5.41) is 2.83. The van der Waals surface area contributed by atoms with E-state index in [1.807, 2.05) is 6.07 Å². The standard InChI is InChI=1S/C21H22N2O5/c1-27-18-9-8-14(11-17(18)21(26)28-2)13-22-20(25)15-5-3-6-16(12-15)23-10-4-7-19(23)24/h3,5-6,8-9,11-12H,4,7,10,13H2,1-2H3,(H,22,25). The number of hydrogen-bond donors (Lipinski definition) is 1. The molecule has 1 N–H and O–H groups in total. The molecule has 0 saturated carbocycles. The molecule has 0 atom stereocenters. The van der Waals surface area contributed by atoms with Crippen LogP contribution in [0.3, 0.4) is 0 Å². The number of amides is 2. The van der Waals surface area contributed by atoms with Crippen LogP contribution in [-0.4, -0.2) is 38.5 Å². The largest absolute Gasteiger partial charge is 0.496 e. The quantitative estimate of drug-likeness (QED) is 0.776. The Kier molecular flexibility index (Phi) is 5.93. The molecular formula is C21H22N2O5. The Hall–Kier alpha value is -3.35. The van der Waals surface area contributed by atoms with Gasteiger partial charge in [-0.25, -0.2) is 4.79 Å². The highest BCUT2D eigenvalue weighted by molar-refractivity contribution is 5.99. The van der Waals surface area contributed by atoms with Gasteiger partial charge in [-0.2, -0.15) is 0 Å². The highest BCUT2D eigenvalue weighted by atomic mass is 16.5. The number of methoxy groups -OCH3 is 2. The maximum Gasteiger partial charge on any atom is 0.341 e. The smallest absolute Gasteiger partial charge is 0.341 e. The highest BCUT2D eigenvalue weighted by Crippen LogP contribution is 2.23. The number of benzene rings is 2. The van der Waals surface area contributed by atoms with E-state index in [1.165, 1.54) is 14.2 Å². The van der Waals surface area contributed by atoms with Gasteiger partial charge in [0.15, 0.2) is 0 Å². The summed E-state index contributed by atoms with van der Waals surface area (Å²) in [6.07, 6.45) is 1.37. The van der Waals surface area contributed by atoms with Crippen LogP contribution in [-0.2, 0) is 16.1 Å². The second-order valence-electron chi connectivity index (χ2n) is 6.41. The predicted octanol–water partition coefficient (Wildman–Crippen LogP) is 2.54. The van der Waals surface area contributed by atoms with Gasteiger partial charge in [-0.05, 0) is 42.3 Å². The molecule has 3 rings (SSSR count). The summed E-state index contributed by atoms with van der Waals surface area (Å²) < 4.78 is 9.93. The predicted molar refractivity (Wildman–Crippen MR) is 104 cm³/mol. The molecule has 28 heavy (non-hydrogen) atoms. The monoisotopic (exact) mass is 382 g/mol. The first-order valence-corrected chi connectivity index (χ1v) is 8.97. The van der Waals surface area contributed by atoms with Gasteiger partial charge in [-0.15, -0.1) is 0 Å². The fourth-order valence-electron chi connectivity index (χ4n) is 3.16. The lowest BCUT2D eigenvalue weighted by atomic mass is 10.1. The van der Waals surface area contributed by atoms with Crippen molar-refractivity contribution in [2.75, 3.05) is 25.7 Å². The van der Waals surface area contributed by atoms with Crippen molar-refractivity contribution in [2.24, 2.45) is 0 Å². The molecule has 2 amide bonds. The normalized spacial score (nSPS) is 13.4. The molecule has 146 valence electrons. The Morgan fingerprint density at radius 3 is 2.64 bits per heavy atom. The molecule has 0 unspecified atom stereocenters. The van der Waals surface area contributed by atoms with Crippen LogP contribution in [0.4, 0.5) is 5.69 Å². The number of nitrogens with one attached hydrogen (secondary N) is 1. The summed E-state index contributed by atoms with van der Waals surface area (Å²) >= 11 is 0. The zero-order valence-corrected chi connectivity index (χ0v) is 15.9. The minimum Gasteiger partial charge on any atom is -0.496 e. The van der Waals surface area contributed by atoms with Crippen LogP contribution in [0.25, 0.3) is 0 Å². The Balaban J connectivity index is 1.71. The third-order valence-corrected chi connectivity index (χ3v) is 4.62. The van der Waals surface area contributed by atoms with E-state index in [0.717, 1.165) is 17.7 Å². The summed E-state index contributed by atoms with van der Waals surface area (Å²) in [6.45, 7) is 0.908. The number of hydrogen-bond acceptors (Lipinski definition) is 5. The third-order valence-electron chi connectivity index (χ3n) is 4.62. The number of anilines is 1. The van der Waals surface area contributed by atoms with Crippen LogP contribution in [0.15, 0.2) is 42.5 Å². The Bertz CT molecular complexity index is 909. The molecule has 1 heterocycles. The maximum absolute atomic E-state index is 12.5. The van der Waals surface area contributed by atoms with Gasteiger partial charge in [0, 0.05) is 30.8 Å². The lowest BCUT2D eigenvalue weighted by Crippen LogP contribution is -2.26. The molecule has 2 aromatic rings. The van der Waals surface area contributed by atoms with E-state index >= 15 is 0 Å². The van der Waals surface area contributed by atoms with Gasteiger partial charge >= 0.3 is 5.97 Å². The van der Waals surface area contributed by atoms with Gasteiger partial charge in [0.1, 0.15) is 11.3 Å². The first-order valence-electron chi connectivity index (χ1n) is 8.97. The SMILES string of the molecule is COC(=O)c1cc(CNC(=O)c2cccc(N3CCCC3=O)c2)ccc1OC. The van der Waals surface area contributed by atoms with Crippen molar-refractivity contribution < 1.29 is 23.9 Å². The lowest BCUT2D eigenvalue weighted by molar-refractivity contribution is -0.117. The molecule has 0 radical (unpaired) electrons. The van der Waals surface area contributed by atoms with Gasteiger partial charge in [-0.3, -0.25) is 9.59 Å². The molecule has 1 aliphatic heterocycles. The molecule has 1 saturated heterocycles. The van der Waals surface area contributed by atoms with E-state index < -0.39 is 5.97 Å². The first-order chi connectivity index (χ1) is 13.5. The van der Waals surface area contributed by atoms with Gasteiger partial charge in [0.05, 0.1) is 14.2 Å². The van der Waals surface area contributed by atoms with Crippen molar-refractivity contribution in [1.82, 2.24) is 5.32 Å².